The van der Waals surface area contributed by atoms with Gasteiger partial charge in [0.2, 0.25) is 0 Å². The molecule has 5 heteroatoms. The van der Waals surface area contributed by atoms with E-state index in [1.807, 2.05) is 18.2 Å². The van der Waals surface area contributed by atoms with Gasteiger partial charge in [0.25, 0.3) is 0 Å². The van der Waals surface area contributed by atoms with E-state index in [4.69, 9.17) is 14.6 Å². The third kappa shape index (κ3) is 4.73. The second-order valence-corrected chi connectivity index (χ2v) is 6.20. The van der Waals surface area contributed by atoms with E-state index in [2.05, 4.69) is 29.8 Å². The van der Waals surface area contributed by atoms with Crippen LogP contribution in [0, 0.1) is 0 Å². The number of hydrogen-bond donors (Lipinski definition) is 1. The Balaban J connectivity index is 1.90. The summed E-state index contributed by atoms with van der Waals surface area (Å²) in [5.41, 5.74) is 1.38. The molecule has 122 valence electrons. The van der Waals surface area contributed by atoms with E-state index in [9.17, 15) is 4.79 Å². The van der Waals surface area contributed by atoms with Crippen molar-refractivity contribution in [1.82, 2.24) is 0 Å². The first-order chi connectivity index (χ1) is 11.0. The number of aromatic carboxylic acids is 1. The van der Waals surface area contributed by atoms with Gasteiger partial charge in [0, 0.05) is 0 Å². The van der Waals surface area contributed by atoms with E-state index in [-0.39, 0.29) is 12.2 Å². The molecular formula is C18H19BrO4. The van der Waals surface area contributed by atoms with Crippen LogP contribution < -0.4 is 9.47 Å². The second-order valence-electron chi connectivity index (χ2n) is 5.34. The highest BCUT2D eigenvalue weighted by Gasteiger charge is 2.10. The van der Waals surface area contributed by atoms with Crippen molar-refractivity contribution in [3.63, 3.8) is 0 Å². The van der Waals surface area contributed by atoms with Crippen LogP contribution in [0.4, 0.5) is 0 Å². The Labute approximate surface area is 144 Å². The summed E-state index contributed by atoms with van der Waals surface area (Å²) in [6, 6.07) is 12.6. The molecule has 0 unspecified atom stereocenters. The van der Waals surface area contributed by atoms with Crippen molar-refractivity contribution in [2.45, 2.75) is 19.8 Å². The van der Waals surface area contributed by atoms with E-state index >= 15 is 0 Å². The van der Waals surface area contributed by atoms with Gasteiger partial charge in [0.15, 0.2) is 0 Å². The first-order valence-corrected chi connectivity index (χ1v) is 8.15. The Morgan fingerprint density at radius 2 is 1.74 bits per heavy atom. The van der Waals surface area contributed by atoms with Gasteiger partial charge in [-0.25, -0.2) is 4.79 Å². The fraction of sp³-hybridized carbons (Fsp3) is 0.278. The molecule has 0 spiro atoms. The zero-order chi connectivity index (χ0) is 16.8. The van der Waals surface area contributed by atoms with E-state index in [1.165, 1.54) is 11.6 Å². The normalized spacial score (nSPS) is 10.6. The lowest BCUT2D eigenvalue weighted by atomic mass is 10.0. The van der Waals surface area contributed by atoms with Crippen LogP contribution in [0.15, 0.2) is 46.9 Å². The molecule has 0 saturated heterocycles. The second kappa shape index (κ2) is 8.02. The molecular weight excluding hydrogens is 360 g/mol. The molecule has 0 aliphatic rings. The van der Waals surface area contributed by atoms with Crippen LogP contribution in [0.2, 0.25) is 0 Å². The molecule has 0 heterocycles. The van der Waals surface area contributed by atoms with Gasteiger partial charge in [0.1, 0.15) is 30.3 Å². The fourth-order valence-corrected chi connectivity index (χ4v) is 2.58. The lowest BCUT2D eigenvalue weighted by molar-refractivity contribution is 0.0691. The summed E-state index contributed by atoms with van der Waals surface area (Å²) in [7, 11) is 0. The average Bonchev–Trinajstić information content (AvgIpc) is 2.52. The SMILES string of the molecule is CC(C)c1ccc(OCCOc2ccccc2C(=O)O)c(Br)c1. The number of rotatable bonds is 7. The van der Waals surface area contributed by atoms with Gasteiger partial charge < -0.3 is 14.6 Å². The fourth-order valence-electron chi connectivity index (χ4n) is 2.07. The number of hydrogen-bond acceptors (Lipinski definition) is 3. The van der Waals surface area contributed by atoms with Crippen LogP contribution >= 0.6 is 15.9 Å². The van der Waals surface area contributed by atoms with Gasteiger partial charge >= 0.3 is 5.97 Å². The minimum atomic E-state index is -1.01. The zero-order valence-electron chi connectivity index (χ0n) is 13.1. The molecule has 0 aliphatic heterocycles. The average molecular weight is 379 g/mol. The quantitative estimate of drug-likeness (QED) is 0.707. The summed E-state index contributed by atoms with van der Waals surface area (Å²) < 4.78 is 12.1. The smallest absolute Gasteiger partial charge is 0.339 e. The van der Waals surface area contributed by atoms with Gasteiger partial charge in [-0.3, -0.25) is 0 Å². The van der Waals surface area contributed by atoms with Crippen molar-refractivity contribution in [2.24, 2.45) is 0 Å². The molecule has 0 aromatic heterocycles. The molecule has 0 radical (unpaired) electrons. The number of carboxylic acids is 1. The summed E-state index contributed by atoms with van der Waals surface area (Å²) in [5, 5.41) is 9.09. The molecule has 0 saturated carbocycles. The summed E-state index contributed by atoms with van der Waals surface area (Å²) >= 11 is 3.50. The lowest BCUT2D eigenvalue weighted by Crippen LogP contribution is -2.11. The number of halogens is 1. The number of benzene rings is 2. The summed E-state index contributed by atoms with van der Waals surface area (Å²) in [6.45, 7) is 4.86. The standard InChI is InChI=1S/C18H19BrO4/c1-12(2)13-7-8-17(15(19)11-13)23-10-9-22-16-6-4-3-5-14(16)18(20)21/h3-8,11-12H,9-10H2,1-2H3,(H,20,21). The molecule has 2 aromatic carbocycles. The molecule has 23 heavy (non-hydrogen) atoms. The maximum Gasteiger partial charge on any atom is 0.339 e. The monoisotopic (exact) mass is 378 g/mol. The van der Waals surface area contributed by atoms with Crippen LogP contribution in [0.1, 0.15) is 35.7 Å². The highest BCUT2D eigenvalue weighted by Crippen LogP contribution is 2.29. The van der Waals surface area contributed by atoms with Gasteiger partial charge in [-0.2, -0.15) is 0 Å². The van der Waals surface area contributed by atoms with Crippen molar-refractivity contribution in [3.05, 3.63) is 58.1 Å². The summed E-state index contributed by atoms with van der Waals surface area (Å²) in [6.07, 6.45) is 0. The molecule has 0 fully saturated rings. The Bertz CT molecular complexity index is 682. The van der Waals surface area contributed by atoms with Gasteiger partial charge in [0.05, 0.1) is 4.47 Å². The van der Waals surface area contributed by atoms with E-state index < -0.39 is 5.97 Å². The highest BCUT2D eigenvalue weighted by atomic mass is 79.9. The van der Waals surface area contributed by atoms with Crippen molar-refractivity contribution >= 4 is 21.9 Å². The molecule has 0 bridgehead atoms. The van der Waals surface area contributed by atoms with Crippen LogP contribution in [-0.2, 0) is 0 Å². The van der Waals surface area contributed by atoms with Crippen molar-refractivity contribution in [1.29, 1.82) is 0 Å². The van der Waals surface area contributed by atoms with Crippen LogP contribution in [-0.4, -0.2) is 24.3 Å². The first-order valence-electron chi connectivity index (χ1n) is 7.36. The molecule has 0 atom stereocenters. The summed E-state index contributed by atoms with van der Waals surface area (Å²) in [5.74, 6) is 0.534. The van der Waals surface area contributed by atoms with E-state index in [1.54, 1.807) is 18.2 Å². The third-order valence-electron chi connectivity index (χ3n) is 3.34. The molecule has 0 aliphatic carbocycles. The van der Waals surface area contributed by atoms with Crippen LogP contribution in [0.25, 0.3) is 0 Å². The lowest BCUT2D eigenvalue weighted by Gasteiger charge is -2.12. The molecule has 4 nitrogen and oxygen atoms in total. The molecule has 2 rings (SSSR count). The predicted octanol–water partition coefficient (Wildman–Crippen LogP) is 4.73. The molecule has 2 aromatic rings. The van der Waals surface area contributed by atoms with Crippen LogP contribution in [0.5, 0.6) is 11.5 Å². The van der Waals surface area contributed by atoms with E-state index in [0.29, 0.717) is 18.3 Å². The van der Waals surface area contributed by atoms with Crippen molar-refractivity contribution in [3.8, 4) is 11.5 Å². The van der Waals surface area contributed by atoms with Gasteiger partial charge in [-0.1, -0.05) is 32.0 Å². The number of carboxylic acid groups (broad SMARTS) is 1. The Morgan fingerprint density at radius 1 is 1.09 bits per heavy atom. The Kier molecular flexibility index (Phi) is 6.04. The Morgan fingerprint density at radius 3 is 2.35 bits per heavy atom. The summed E-state index contributed by atoms with van der Waals surface area (Å²) in [4.78, 5) is 11.1. The molecule has 1 N–H and O–H groups in total. The van der Waals surface area contributed by atoms with E-state index in [0.717, 1.165) is 10.2 Å². The first kappa shape index (κ1) is 17.3. The van der Waals surface area contributed by atoms with Crippen molar-refractivity contribution in [2.75, 3.05) is 13.2 Å². The van der Waals surface area contributed by atoms with Gasteiger partial charge in [-0.15, -0.1) is 0 Å². The zero-order valence-corrected chi connectivity index (χ0v) is 14.7. The number of ether oxygens (including phenoxy) is 2. The Hall–Kier alpha value is -2.01. The van der Waals surface area contributed by atoms with Crippen LogP contribution in [0.3, 0.4) is 0 Å². The molecule has 0 amide bonds. The third-order valence-corrected chi connectivity index (χ3v) is 3.96. The maximum atomic E-state index is 11.1. The minimum absolute atomic E-state index is 0.148. The number of carbonyl (C=O) groups is 1. The minimum Gasteiger partial charge on any atom is -0.489 e. The van der Waals surface area contributed by atoms with Crippen molar-refractivity contribution < 1.29 is 19.4 Å². The largest absolute Gasteiger partial charge is 0.489 e. The maximum absolute atomic E-state index is 11.1. The number of para-hydroxylation sites is 1. The van der Waals surface area contributed by atoms with Gasteiger partial charge in [-0.05, 0) is 51.7 Å². The predicted molar refractivity (Wildman–Crippen MR) is 92.6 cm³/mol. The topological polar surface area (TPSA) is 55.8 Å². The highest BCUT2D eigenvalue weighted by molar-refractivity contribution is 9.10.